The minimum atomic E-state index is -1.35. The fourth-order valence-corrected chi connectivity index (χ4v) is 4.93. The molecule has 0 fully saturated rings. The van der Waals surface area contributed by atoms with Crippen LogP contribution in [0.15, 0.2) is 89.5 Å². The molecule has 43 heavy (non-hydrogen) atoms. The third-order valence-corrected chi connectivity index (χ3v) is 7.45. The normalized spacial score (nSPS) is 12.0. The molecule has 0 aromatic heterocycles. The summed E-state index contributed by atoms with van der Waals surface area (Å²) >= 11 is 0. The molecule has 0 unspecified atom stereocenters. The first kappa shape index (κ1) is 35.6. The molecule has 0 N–H and O–H groups in total. The first-order valence-corrected chi connectivity index (χ1v) is 15.8. The van der Waals surface area contributed by atoms with Gasteiger partial charge in [0.25, 0.3) is 0 Å². The van der Waals surface area contributed by atoms with E-state index >= 15 is 0 Å². The van der Waals surface area contributed by atoms with Crippen molar-refractivity contribution in [2.45, 2.75) is 99.3 Å². The van der Waals surface area contributed by atoms with Crippen molar-refractivity contribution < 1.29 is 23.8 Å². The number of hydrogen-bond donors (Lipinski definition) is 0. The maximum atomic E-state index is 13.3. The number of allylic oxidation sites excluding steroid dienone is 6. The Morgan fingerprint density at radius 1 is 0.721 bits per heavy atom. The van der Waals surface area contributed by atoms with Gasteiger partial charge in [0.2, 0.25) is 0 Å². The predicted octanol–water partition coefficient (Wildman–Crippen LogP) is 10.1. The summed E-state index contributed by atoms with van der Waals surface area (Å²) in [5.74, 6) is 0.591. The van der Waals surface area contributed by atoms with Crippen LogP contribution in [0, 0.1) is 5.41 Å². The van der Waals surface area contributed by atoms with Gasteiger partial charge in [0.05, 0.1) is 13.2 Å². The summed E-state index contributed by atoms with van der Waals surface area (Å²) in [5, 5.41) is 0. The number of ether oxygens (including phenoxy) is 3. The molecule has 0 aliphatic rings. The molecule has 2 aromatic rings. The van der Waals surface area contributed by atoms with Crippen molar-refractivity contribution >= 4 is 11.9 Å². The van der Waals surface area contributed by atoms with E-state index in [1.165, 1.54) is 11.1 Å². The molecular weight excluding hydrogens is 536 g/mol. The largest absolute Gasteiger partial charge is 0.465 e. The van der Waals surface area contributed by atoms with Crippen molar-refractivity contribution in [2.24, 2.45) is 5.41 Å². The summed E-state index contributed by atoms with van der Waals surface area (Å²) in [7, 11) is 0. The standard InChI is InChI=1S/C38H52O5/c1-7-41-36(39)38(37(40)42-8-2,28-26-32(6)20-15-19-31(5)18-14-17-30(3)4)27-13-12-21-33-22-16-25-35(29-33)43-34-23-10-9-11-24-34/h9-11,16-17,19,22-26,29H,7-8,12-15,18,20-21,27-28H2,1-6H3. The van der Waals surface area contributed by atoms with Crippen LogP contribution in [0.4, 0.5) is 0 Å². The average Bonchev–Trinajstić information content (AvgIpc) is 2.97. The Morgan fingerprint density at radius 2 is 1.33 bits per heavy atom. The number of esters is 2. The van der Waals surface area contributed by atoms with Gasteiger partial charge in [-0.2, -0.15) is 0 Å². The van der Waals surface area contributed by atoms with Crippen LogP contribution in [0.3, 0.4) is 0 Å². The summed E-state index contributed by atoms with van der Waals surface area (Å²) in [6.45, 7) is 12.5. The van der Waals surface area contributed by atoms with Crippen LogP contribution in [0.5, 0.6) is 11.5 Å². The predicted molar refractivity (Wildman–Crippen MR) is 176 cm³/mol. The maximum Gasteiger partial charge on any atom is 0.323 e. The lowest BCUT2D eigenvalue weighted by molar-refractivity contribution is -0.172. The van der Waals surface area contributed by atoms with E-state index in [-0.39, 0.29) is 19.6 Å². The molecule has 0 atom stereocenters. The van der Waals surface area contributed by atoms with Crippen LogP contribution < -0.4 is 4.74 Å². The van der Waals surface area contributed by atoms with Crippen LogP contribution in [0.25, 0.3) is 0 Å². The SMILES string of the molecule is CCOC(=O)C(CC=C(C)CCC=C(C)CCC=C(C)C)(CCCCc1cccc(Oc2ccccc2)c1)C(=O)OCC. The van der Waals surface area contributed by atoms with E-state index in [0.717, 1.165) is 61.2 Å². The second-order valence-corrected chi connectivity index (χ2v) is 11.5. The van der Waals surface area contributed by atoms with Gasteiger partial charge in [0.1, 0.15) is 11.5 Å². The Labute approximate surface area is 260 Å². The number of unbranched alkanes of at least 4 members (excludes halogenated alkanes) is 1. The molecule has 0 bridgehead atoms. The molecule has 0 aliphatic heterocycles. The smallest absolute Gasteiger partial charge is 0.323 e. The molecule has 0 heterocycles. The van der Waals surface area contributed by atoms with Gasteiger partial charge < -0.3 is 14.2 Å². The van der Waals surface area contributed by atoms with Crippen molar-refractivity contribution in [2.75, 3.05) is 13.2 Å². The molecule has 5 nitrogen and oxygen atoms in total. The van der Waals surface area contributed by atoms with Crippen LogP contribution in [0.1, 0.15) is 98.5 Å². The highest BCUT2D eigenvalue weighted by atomic mass is 16.6. The number of rotatable bonds is 19. The first-order chi connectivity index (χ1) is 20.7. The van der Waals surface area contributed by atoms with Crippen LogP contribution >= 0.6 is 0 Å². The van der Waals surface area contributed by atoms with Gasteiger partial charge in [-0.1, -0.05) is 71.7 Å². The molecule has 234 valence electrons. The third kappa shape index (κ3) is 13.1. The second-order valence-electron chi connectivity index (χ2n) is 11.5. The lowest BCUT2D eigenvalue weighted by atomic mass is 9.78. The molecule has 0 spiro atoms. The van der Waals surface area contributed by atoms with E-state index in [1.807, 2.05) is 54.6 Å². The monoisotopic (exact) mass is 588 g/mol. The number of hydrogen-bond acceptors (Lipinski definition) is 5. The number of aryl methyl sites for hydroxylation is 1. The summed E-state index contributed by atoms with van der Waals surface area (Å²) in [6, 6.07) is 17.8. The molecule has 0 saturated carbocycles. The lowest BCUT2D eigenvalue weighted by Gasteiger charge is -2.28. The first-order valence-electron chi connectivity index (χ1n) is 15.8. The topological polar surface area (TPSA) is 61.8 Å². The van der Waals surface area contributed by atoms with Gasteiger partial charge in [0.15, 0.2) is 5.41 Å². The highest BCUT2D eigenvalue weighted by molar-refractivity contribution is 6.00. The number of carbonyl (C=O) groups is 2. The van der Waals surface area contributed by atoms with Gasteiger partial charge >= 0.3 is 11.9 Å². The molecule has 2 aromatic carbocycles. The zero-order chi connectivity index (χ0) is 31.5. The molecule has 2 rings (SSSR count). The van der Waals surface area contributed by atoms with Crippen molar-refractivity contribution in [3.8, 4) is 11.5 Å². The van der Waals surface area contributed by atoms with Crippen LogP contribution in [0.2, 0.25) is 0 Å². The molecule has 0 aliphatic carbocycles. The van der Waals surface area contributed by atoms with Crippen molar-refractivity contribution in [3.63, 3.8) is 0 Å². The quantitative estimate of drug-likeness (QED) is 0.0707. The number of benzene rings is 2. The lowest BCUT2D eigenvalue weighted by Crippen LogP contribution is -2.42. The fraction of sp³-hybridized carbons (Fsp3) is 0.474. The van der Waals surface area contributed by atoms with E-state index in [9.17, 15) is 9.59 Å². The van der Waals surface area contributed by atoms with E-state index in [2.05, 4.69) is 45.9 Å². The summed E-state index contributed by atoms with van der Waals surface area (Å²) in [4.78, 5) is 26.7. The van der Waals surface area contributed by atoms with Gasteiger partial charge in [-0.3, -0.25) is 9.59 Å². The summed E-state index contributed by atoms with van der Waals surface area (Å²) in [6.07, 6.45) is 13.5. The number of carbonyl (C=O) groups excluding carboxylic acids is 2. The highest BCUT2D eigenvalue weighted by Gasteiger charge is 2.47. The van der Waals surface area contributed by atoms with Crippen molar-refractivity contribution in [1.82, 2.24) is 0 Å². The fourth-order valence-electron chi connectivity index (χ4n) is 4.93. The molecule has 0 radical (unpaired) electrons. The van der Waals surface area contributed by atoms with Gasteiger partial charge in [-0.05, 0) is 123 Å². The van der Waals surface area contributed by atoms with E-state index in [1.54, 1.807) is 13.8 Å². The average molecular weight is 589 g/mol. The van der Waals surface area contributed by atoms with E-state index in [0.29, 0.717) is 12.8 Å². The van der Waals surface area contributed by atoms with Crippen molar-refractivity contribution in [1.29, 1.82) is 0 Å². The minimum absolute atomic E-state index is 0.216. The van der Waals surface area contributed by atoms with E-state index in [4.69, 9.17) is 14.2 Å². The summed E-state index contributed by atoms with van der Waals surface area (Å²) in [5.41, 5.74) is 3.69. The Morgan fingerprint density at radius 3 is 1.95 bits per heavy atom. The maximum absolute atomic E-state index is 13.3. The molecule has 0 saturated heterocycles. The van der Waals surface area contributed by atoms with E-state index < -0.39 is 17.4 Å². The number of para-hydroxylation sites is 1. The highest BCUT2D eigenvalue weighted by Crippen LogP contribution is 2.35. The van der Waals surface area contributed by atoms with Crippen LogP contribution in [-0.2, 0) is 25.5 Å². The molecule has 5 heteroatoms. The molecular formula is C38H52O5. The zero-order valence-corrected chi connectivity index (χ0v) is 27.2. The third-order valence-electron chi connectivity index (χ3n) is 7.45. The second kappa shape index (κ2) is 19.6. The van der Waals surface area contributed by atoms with Gasteiger partial charge in [-0.25, -0.2) is 0 Å². The van der Waals surface area contributed by atoms with Gasteiger partial charge in [-0.15, -0.1) is 0 Å². The zero-order valence-electron chi connectivity index (χ0n) is 27.2. The van der Waals surface area contributed by atoms with Gasteiger partial charge in [0, 0.05) is 0 Å². The Hall–Kier alpha value is -3.60. The Balaban J connectivity index is 2.07. The minimum Gasteiger partial charge on any atom is -0.465 e. The van der Waals surface area contributed by atoms with Crippen LogP contribution in [-0.4, -0.2) is 25.2 Å². The van der Waals surface area contributed by atoms with Crippen molar-refractivity contribution in [3.05, 3.63) is 95.1 Å². The summed E-state index contributed by atoms with van der Waals surface area (Å²) < 4.78 is 16.9. The molecule has 0 amide bonds. The Kier molecular flexibility index (Phi) is 16.2. The Bertz CT molecular complexity index is 1200.